The van der Waals surface area contributed by atoms with E-state index in [1.165, 1.54) is 10.8 Å². The molecular formula is C17H19N3O. The van der Waals surface area contributed by atoms with Gasteiger partial charge in [0.1, 0.15) is 12.2 Å². The molecule has 0 saturated carbocycles. The molecule has 3 aromatic rings. The van der Waals surface area contributed by atoms with Crippen LogP contribution >= 0.6 is 0 Å². The fraction of sp³-hybridized carbons (Fsp3) is 0.294. The summed E-state index contributed by atoms with van der Waals surface area (Å²) in [4.78, 5) is 4.21. The molecule has 0 fully saturated rings. The number of aliphatic hydroxyl groups excluding tert-OH is 1. The van der Waals surface area contributed by atoms with E-state index in [0.717, 1.165) is 17.9 Å². The van der Waals surface area contributed by atoms with Crippen LogP contribution in [0, 0.1) is 0 Å². The van der Waals surface area contributed by atoms with Crippen LogP contribution in [0.4, 0.5) is 0 Å². The lowest BCUT2D eigenvalue weighted by atomic mass is 10.0. The molecule has 2 aromatic carbocycles. The normalized spacial score (nSPS) is 12.7. The molecule has 0 saturated heterocycles. The maximum Gasteiger partial charge on any atom is 0.138 e. The summed E-state index contributed by atoms with van der Waals surface area (Å²) in [5.74, 6) is 0.839. The Balaban J connectivity index is 1.72. The smallest absolute Gasteiger partial charge is 0.138 e. The summed E-state index contributed by atoms with van der Waals surface area (Å²) in [5.41, 5.74) is 1.14. The first-order chi connectivity index (χ1) is 10.3. The molecule has 0 aliphatic rings. The zero-order chi connectivity index (χ0) is 14.7. The van der Waals surface area contributed by atoms with E-state index in [4.69, 9.17) is 0 Å². The van der Waals surface area contributed by atoms with Crippen molar-refractivity contribution < 1.29 is 5.11 Å². The predicted octanol–water partition coefficient (Wildman–Crippen LogP) is 2.60. The zero-order valence-electron chi connectivity index (χ0n) is 12.1. The molecule has 0 aliphatic carbocycles. The van der Waals surface area contributed by atoms with Crippen molar-refractivity contribution in [2.24, 2.45) is 0 Å². The second-order valence-corrected chi connectivity index (χ2v) is 5.24. The van der Waals surface area contributed by atoms with E-state index in [1.54, 1.807) is 6.33 Å². The summed E-state index contributed by atoms with van der Waals surface area (Å²) < 4.78 is 1.82. The van der Waals surface area contributed by atoms with Gasteiger partial charge in [0.15, 0.2) is 0 Å². The van der Waals surface area contributed by atoms with Crippen LogP contribution in [0.1, 0.15) is 18.3 Å². The predicted molar refractivity (Wildman–Crippen MR) is 83.1 cm³/mol. The molecule has 1 unspecified atom stereocenters. The minimum absolute atomic E-state index is 0.444. The van der Waals surface area contributed by atoms with E-state index >= 15 is 0 Å². The summed E-state index contributed by atoms with van der Waals surface area (Å²) in [6.45, 7) is 2.80. The molecule has 1 heterocycles. The fourth-order valence-corrected chi connectivity index (χ4v) is 2.63. The van der Waals surface area contributed by atoms with E-state index in [0.29, 0.717) is 12.8 Å². The highest BCUT2D eigenvalue weighted by atomic mass is 16.3. The molecule has 0 amide bonds. The molecule has 0 spiro atoms. The number of aromatic nitrogens is 3. The van der Waals surface area contributed by atoms with Crippen molar-refractivity contribution in [2.45, 2.75) is 32.4 Å². The Morgan fingerprint density at radius 2 is 1.90 bits per heavy atom. The van der Waals surface area contributed by atoms with E-state index in [1.807, 2.05) is 23.7 Å². The first-order valence-corrected chi connectivity index (χ1v) is 7.28. The van der Waals surface area contributed by atoms with Crippen molar-refractivity contribution >= 4 is 10.8 Å². The highest BCUT2D eigenvalue weighted by molar-refractivity contribution is 5.82. The zero-order valence-corrected chi connectivity index (χ0v) is 12.1. The summed E-state index contributed by atoms with van der Waals surface area (Å²) in [7, 11) is 0. The van der Waals surface area contributed by atoms with E-state index < -0.39 is 6.10 Å². The molecule has 3 rings (SSSR count). The van der Waals surface area contributed by atoms with Gasteiger partial charge in [0.05, 0.1) is 6.10 Å². The first kappa shape index (κ1) is 13.8. The van der Waals surface area contributed by atoms with Crippen LogP contribution in [0.3, 0.4) is 0 Å². The summed E-state index contributed by atoms with van der Waals surface area (Å²) in [6.07, 6.45) is 2.25. The lowest BCUT2D eigenvalue weighted by Crippen LogP contribution is -2.17. The SMILES string of the molecule is CCn1ncnc1CC(O)Cc1ccc2ccccc2c1. The molecule has 21 heavy (non-hydrogen) atoms. The van der Waals surface area contributed by atoms with Gasteiger partial charge in [-0.05, 0) is 29.7 Å². The number of aliphatic hydroxyl groups is 1. The maximum atomic E-state index is 10.3. The van der Waals surface area contributed by atoms with Gasteiger partial charge in [-0.2, -0.15) is 5.10 Å². The standard InChI is InChI=1S/C17H19N3O/c1-2-20-17(18-12-19-20)11-16(21)10-13-7-8-14-5-3-4-6-15(14)9-13/h3-9,12,16,21H,2,10-11H2,1H3. The lowest BCUT2D eigenvalue weighted by molar-refractivity contribution is 0.171. The van der Waals surface area contributed by atoms with Crippen LogP contribution in [0.2, 0.25) is 0 Å². The topological polar surface area (TPSA) is 50.9 Å². The average molecular weight is 281 g/mol. The van der Waals surface area contributed by atoms with Gasteiger partial charge in [0, 0.05) is 13.0 Å². The Bertz CT molecular complexity index is 735. The molecule has 1 aromatic heterocycles. The van der Waals surface area contributed by atoms with Crippen molar-refractivity contribution in [2.75, 3.05) is 0 Å². The second kappa shape index (κ2) is 6.06. The minimum atomic E-state index is -0.444. The third-order valence-electron chi connectivity index (χ3n) is 3.70. The van der Waals surface area contributed by atoms with Crippen molar-refractivity contribution in [3.8, 4) is 0 Å². The van der Waals surface area contributed by atoms with Crippen LogP contribution in [0.5, 0.6) is 0 Å². The Kier molecular flexibility index (Phi) is 3.97. The number of fused-ring (bicyclic) bond motifs is 1. The molecule has 1 atom stereocenters. The highest BCUT2D eigenvalue weighted by Crippen LogP contribution is 2.17. The van der Waals surface area contributed by atoms with Crippen LogP contribution in [-0.2, 0) is 19.4 Å². The second-order valence-electron chi connectivity index (χ2n) is 5.24. The first-order valence-electron chi connectivity index (χ1n) is 7.28. The van der Waals surface area contributed by atoms with Gasteiger partial charge in [-0.1, -0.05) is 42.5 Å². The van der Waals surface area contributed by atoms with Gasteiger partial charge in [0.2, 0.25) is 0 Å². The number of rotatable bonds is 5. The van der Waals surface area contributed by atoms with E-state index in [2.05, 4.69) is 40.4 Å². The molecule has 1 N–H and O–H groups in total. The molecule has 4 heteroatoms. The maximum absolute atomic E-state index is 10.3. The largest absolute Gasteiger partial charge is 0.392 e. The molecule has 4 nitrogen and oxygen atoms in total. The van der Waals surface area contributed by atoms with Gasteiger partial charge in [-0.15, -0.1) is 0 Å². The van der Waals surface area contributed by atoms with Gasteiger partial charge < -0.3 is 5.11 Å². The lowest BCUT2D eigenvalue weighted by Gasteiger charge is -2.11. The number of hydrogen-bond donors (Lipinski definition) is 1. The molecule has 0 aliphatic heterocycles. The number of hydrogen-bond acceptors (Lipinski definition) is 3. The molecule has 0 radical (unpaired) electrons. The Hall–Kier alpha value is -2.20. The van der Waals surface area contributed by atoms with Gasteiger partial charge in [-0.3, -0.25) is 4.68 Å². The van der Waals surface area contributed by atoms with Crippen LogP contribution < -0.4 is 0 Å². The number of benzene rings is 2. The number of aryl methyl sites for hydroxylation is 1. The van der Waals surface area contributed by atoms with Gasteiger partial charge >= 0.3 is 0 Å². The molecular weight excluding hydrogens is 262 g/mol. The summed E-state index contributed by atoms with van der Waals surface area (Å²) in [6, 6.07) is 14.6. The molecule has 108 valence electrons. The van der Waals surface area contributed by atoms with Crippen molar-refractivity contribution in [1.82, 2.24) is 14.8 Å². The monoisotopic (exact) mass is 281 g/mol. The quantitative estimate of drug-likeness (QED) is 0.782. The molecule has 0 bridgehead atoms. The van der Waals surface area contributed by atoms with Crippen molar-refractivity contribution in [3.63, 3.8) is 0 Å². The van der Waals surface area contributed by atoms with E-state index in [9.17, 15) is 5.11 Å². The Morgan fingerprint density at radius 1 is 1.10 bits per heavy atom. The third kappa shape index (κ3) is 3.11. The van der Waals surface area contributed by atoms with E-state index in [-0.39, 0.29) is 0 Å². The summed E-state index contributed by atoms with van der Waals surface area (Å²) >= 11 is 0. The summed E-state index contributed by atoms with van der Waals surface area (Å²) in [5, 5.41) is 16.8. The average Bonchev–Trinajstić information content (AvgIpc) is 2.94. The fourth-order valence-electron chi connectivity index (χ4n) is 2.63. The highest BCUT2D eigenvalue weighted by Gasteiger charge is 2.11. The van der Waals surface area contributed by atoms with Gasteiger partial charge in [-0.25, -0.2) is 4.98 Å². The van der Waals surface area contributed by atoms with Crippen molar-refractivity contribution in [3.05, 3.63) is 60.2 Å². The number of nitrogens with zero attached hydrogens (tertiary/aromatic N) is 3. The van der Waals surface area contributed by atoms with Crippen LogP contribution in [0.15, 0.2) is 48.8 Å². The van der Waals surface area contributed by atoms with Gasteiger partial charge in [0.25, 0.3) is 0 Å². The third-order valence-corrected chi connectivity index (χ3v) is 3.70. The Morgan fingerprint density at radius 3 is 2.71 bits per heavy atom. The van der Waals surface area contributed by atoms with Crippen LogP contribution in [-0.4, -0.2) is 26.0 Å². The Labute approximate surface area is 124 Å². The minimum Gasteiger partial charge on any atom is -0.392 e. The van der Waals surface area contributed by atoms with Crippen molar-refractivity contribution in [1.29, 1.82) is 0 Å². The van der Waals surface area contributed by atoms with Crippen LogP contribution in [0.25, 0.3) is 10.8 Å².